The number of ether oxygens (including phenoxy) is 2. The molecule has 2 aromatic rings. The van der Waals surface area contributed by atoms with E-state index in [0.717, 1.165) is 5.56 Å². The molecule has 0 spiro atoms. The summed E-state index contributed by atoms with van der Waals surface area (Å²) in [6, 6.07) is 6.81. The van der Waals surface area contributed by atoms with Crippen LogP contribution in [-0.4, -0.2) is 38.3 Å². The lowest BCUT2D eigenvalue weighted by molar-refractivity contribution is 0.219. The van der Waals surface area contributed by atoms with Crippen molar-refractivity contribution in [3.05, 3.63) is 24.3 Å². The third-order valence-corrected chi connectivity index (χ3v) is 4.91. The number of nitrogens with zero attached hydrogens (tertiary/aromatic N) is 1. The molecular weight excluding hydrogens is 296 g/mol. The van der Waals surface area contributed by atoms with E-state index in [9.17, 15) is 8.42 Å². The van der Waals surface area contributed by atoms with Gasteiger partial charge in [-0.1, -0.05) is 5.16 Å². The van der Waals surface area contributed by atoms with Gasteiger partial charge >= 0.3 is 0 Å². The van der Waals surface area contributed by atoms with Crippen LogP contribution in [0.15, 0.2) is 28.8 Å². The number of sulfone groups is 1. The van der Waals surface area contributed by atoms with Crippen molar-refractivity contribution in [3.8, 4) is 22.8 Å². The van der Waals surface area contributed by atoms with Crippen molar-refractivity contribution in [2.45, 2.75) is 6.10 Å². The van der Waals surface area contributed by atoms with E-state index in [1.54, 1.807) is 24.3 Å². The molecule has 0 aliphatic carbocycles. The van der Waals surface area contributed by atoms with Crippen molar-refractivity contribution in [2.75, 3.05) is 24.3 Å². The fraction of sp³-hybridized carbons (Fsp3) is 0.308. The largest absolute Gasteiger partial charge is 0.493 e. The van der Waals surface area contributed by atoms with Gasteiger partial charge in [-0.05, 0) is 18.2 Å². The van der Waals surface area contributed by atoms with Gasteiger partial charge in [-0.2, -0.15) is 0 Å². The minimum atomic E-state index is -2.94. The number of nitrogens with two attached hydrogens (primary N) is 1. The molecule has 0 radical (unpaired) electrons. The van der Waals surface area contributed by atoms with Crippen LogP contribution in [0.25, 0.3) is 11.3 Å². The summed E-state index contributed by atoms with van der Waals surface area (Å²) >= 11 is 0. The predicted molar refractivity (Wildman–Crippen MR) is 76.0 cm³/mol. The molecule has 8 heteroatoms. The number of benzene rings is 1. The number of rotatable bonds is 4. The normalized spacial score (nSPS) is 17.2. The van der Waals surface area contributed by atoms with E-state index in [4.69, 9.17) is 19.7 Å². The van der Waals surface area contributed by atoms with Gasteiger partial charge in [-0.15, -0.1) is 0 Å². The molecule has 0 atom stereocenters. The minimum absolute atomic E-state index is 0.0234. The quantitative estimate of drug-likeness (QED) is 0.901. The molecule has 1 saturated heterocycles. The molecular formula is C13H14N2O5S. The van der Waals surface area contributed by atoms with E-state index < -0.39 is 9.84 Å². The average molecular weight is 310 g/mol. The van der Waals surface area contributed by atoms with Crippen molar-refractivity contribution in [2.24, 2.45) is 0 Å². The minimum Gasteiger partial charge on any atom is -0.493 e. The first kappa shape index (κ1) is 13.7. The van der Waals surface area contributed by atoms with Crippen LogP contribution in [0.3, 0.4) is 0 Å². The molecule has 1 aliphatic rings. The molecule has 7 nitrogen and oxygen atoms in total. The van der Waals surface area contributed by atoms with Crippen LogP contribution in [-0.2, 0) is 9.84 Å². The second-order valence-corrected chi connectivity index (χ2v) is 6.95. The van der Waals surface area contributed by atoms with Gasteiger partial charge in [0.2, 0.25) is 0 Å². The summed E-state index contributed by atoms with van der Waals surface area (Å²) < 4.78 is 38.4. The van der Waals surface area contributed by atoms with Gasteiger partial charge < -0.3 is 19.7 Å². The fourth-order valence-electron chi connectivity index (χ4n) is 2.11. The molecule has 1 aromatic carbocycles. The molecule has 0 unspecified atom stereocenters. The van der Waals surface area contributed by atoms with Crippen LogP contribution in [0.1, 0.15) is 0 Å². The van der Waals surface area contributed by atoms with Crippen molar-refractivity contribution in [3.63, 3.8) is 0 Å². The summed E-state index contributed by atoms with van der Waals surface area (Å²) in [6.07, 6.45) is -0.348. The Kier molecular flexibility index (Phi) is 3.25. The fourth-order valence-corrected chi connectivity index (χ4v) is 3.28. The van der Waals surface area contributed by atoms with E-state index in [2.05, 4.69) is 5.16 Å². The van der Waals surface area contributed by atoms with Gasteiger partial charge in [0.25, 0.3) is 0 Å². The highest BCUT2D eigenvalue weighted by atomic mass is 32.2. The van der Waals surface area contributed by atoms with Crippen LogP contribution >= 0.6 is 0 Å². The molecule has 1 aromatic heterocycles. The highest BCUT2D eigenvalue weighted by molar-refractivity contribution is 7.92. The highest BCUT2D eigenvalue weighted by Crippen LogP contribution is 2.34. The summed E-state index contributed by atoms with van der Waals surface area (Å²) in [5, 5.41) is 3.62. The molecule has 1 fully saturated rings. The zero-order valence-corrected chi connectivity index (χ0v) is 12.1. The van der Waals surface area contributed by atoms with Gasteiger partial charge in [0, 0.05) is 11.6 Å². The van der Waals surface area contributed by atoms with Crippen LogP contribution in [0, 0.1) is 0 Å². The number of aromatic nitrogens is 1. The zero-order chi connectivity index (χ0) is 15.0. The van der Waals surface area contributed by atoms with Gasteiger partial charge in [-0.3, -0.25) is 0 Å². The number of nitrogen functional groups attached to an aromatic ring is 1. The maximum atomic E-state index is 11.2. The van der Waals surface area contributed by atoms with Crippen LogP contribution < -0.4 is 15.2 Å². The Balaban J connectivity index is 1.87. The van der Waals surface area contributed by atoms with E-state index in [1.807, 2.05) is 0 Å². The second kappa shape index (κ2) is 4.96. The third kappa shape index (κ3) is 2.80. The van der Waals surface area contributed by atoms with E-state index in [-0.39, 0.29) is 23.4 Å². The zero-order valence-electron chi connectivity index (χ0n) is 11.3. The maximum absolute atomic E-state index is 11.2. The second-order valence-electron chi connectivity index (χ2n) is 4.80. The summed E-state index contributed by atoms with van der Waals surface area (Å²) in [6.45, 7) is 0. The van der Waals surface area contributed by atoms with Crippen molar-refractivity contribution < 1.29 is 22.4 Å². The van der Waals surface area contributed by atoms with Gasteiger partial charge in [0.05, 0.1) is 18.6 Å². The molecule has 112 valence electrons. The molecule has 3 rings (SSSR count). The van der Waals surface area contributed by atoms with Crippen LogP contribution in [0.4, 0.5) is 5.82 Å². The maximum Gasteiger partial charge on any atom is 0.169 e. The lowest BCUT2D eigenvalue weighted by Gasteiger charge is -2.27. The number of anilines is 1. The van der Waals surface area contributed by atoms with Crippen LogP contribution in [0.2, 0.25) is 0 Å². The summed E-state index contributed by atoms with van der Waals surface area (Å²) in [5.41, 5.74) is 6.24. The number of hydrogen-bond donors (Lipinski definition) is 1. The smallest absolute Gasteiger partial charge is 0.169 e. The lowest BCUT2D eigenvalue weighted by atomic mass is 10.1. The Morgan fingerprint density at radius 2 is 2.05 bits per heavy atom. The van der Waals surface area contributed by atoms with Gasteiger partial charge in [0.1, 0.15) is 6.10 Å². The Hall–Kier alpha value is -2.22. The molecule has 0 amide bonds. The summed E-state index contributed by atoms with van der Waals surface area (Å²) in [5.74, 6) is 1.82. The summed E-state index contributed by atoms with van der Waals surface area (Å²) in [7, 11) is -1.42. The monoisotopic (exact) mass is 310 g/mol. The Bertz CT molecular complexity index is 757. The summed E-state index contributed by atoms with van der Waals surface area (Å²) in [4.78, 5) is 0. The molecule has 0 bridgehead atoms. The number of hydrogen-bond acceptors (Lipinski definition) is 7. The molecule has 2 N–H and O–H groups in total. The molecule has 21 heavy (non-hydrogen) atoms. The first-order chi connectivity index (χ1) is 9.97. The Morgan fingerprint density at radius 1 is 1.29 bits per heavy atom. The molecule has 1 aliphatic heterocycles. The first-order valence-electron chi connectivity index (χ1n) is 6.24. The van der Waals surface area contributed by atoms with E-state index in [0.29, 0.717) is 17.3 Å². The SMILES string of the molecule is COc1ccc(-c2cc(N)no2)cc1OC1CS(=O)(=O)C1. The number of methoxy groups -OCH3 is 1. The molecule has 2 heterocycles. The van der Waals surface area contributed by atoms with Crippen LogP contribution in [0.5, 0.6) is 11.5 Å². The topological polar surface area (TPSA) is 105 Å². The van der Waals surface area contributed by atoms with Crippen molar-refractivity contribution in [1.29, 1.82) is 0 Å². The van der Waals surface area contributed by atoms with Gasteiger partial charge in [0.15, 0.2) is 32.9 Å². The first-order valence-corrected chi connectivity index (χ1v) is 8.07. The molecule has 0 saturated carbocycles. The lowest BCUT2D eigenvalue weighted by Crippen LogP contribution is -2.45. The van der Waals surface area contributed by atoms with Gasteiger partial charge in [-0.25, -0.2) is 8.42 Å². The Morgan fingerprint density at radius 3 is 2.62 bits per heavy atom. The van der Waals surface area contributed by atoms with Crippen molar-refractivity contribution in [1.82, 2.24) is 5.16 Å². The van der Waals surface area contributed by atoms with Crippen molar-refractivity contribution >= 4 is 15.7 Å². The highest BCUT2D eigenvalue weighted by Gasteiger charge is 2.35. The third-order valence-electron chi connectivity index (χ3n) is 3.15. The van der Waals surface area contributed by atoms with E-state index >= 15 is 0 Å². The Labute approximate surface area is 121 Å². The standard InChI is InChI=1S/C13H14N2O5S/c1-18-10-3-2-8(11-5-13(14)15-20-11)4-12(10)19-9-6-21(16,17)7-9/h2-5,9H,6-7H2,1H3,(H2,14,15). The van der Waals surface area contributed by atoms with E-state index in [1.165, 1.54) is 7.11 Å². The predicted octanol–water partition coefficient (Wildman–Crippen LogP) is 1.11. The average Bonchev–Trinajstić information content (AvgIpc) is 2.83.